The Balaban J connectivity index is 0.000000436. The number of nitrogens with zero attached hydrogens (tertiary/aromatic N) is 3. The lowest BCUT2D eigenvalue weighted by atomic mass is 9.87. The van der Waals surface area contributed by atoms with Crippen molar-refractivity contribution in [3.05, 3.63) is 52.5 Å². The van der Waals surface area contributed by atoms with E-state index in [4.69, 9.17) is 14.2 Å². The van der Waals surface area contributed by atoms with Crippen LogP contribution in [0.25, 0.3) is 0 Å². The fourth-order valence-electron chi connectivity index (χ4n) is 4.70. The van der Waals surface area contributed by atoms with Crippen LogP contribution in [0.3, 0.4) is 0 Å². The second-order valence-electron chi connectivity index (χ2n) is 12.1. The highest BCUT2D eigenvalue weighted by atomic mass is 19.4. The van der Waals surface area contributed by atoms with Crippen LogP contribution < -0.4 is 4.74 Å². The Morgan fingerprint density at radius 3 is 2.20 bits per heavy atom. The molecule has 1 aromatic heterocycles. The topological polar surface area (TPSA) is 73.8 Å². The number of hydrogen-bond donors (Lipinski definition) is 0. The van der Waals surface area contributed by atoms with Gasteiger partial charge in [0.1, 0.15) is 12.3 Å². The minimum Gasteiger partial charge on any atom is -0.472 e. The molecule has 1 amide bonds. The summed E-state index contributed by atoms with van der Waals surface area (Å²) >= 11 is 0. The maximum absolute atomic E-state index is 13.5. The number of alkyl halides is 3. The van der Waals surface area contributed by atoms with Crippen molar-refractivity contribution in [1.82, 2.24) is 14.9 Å². The Morgan fingerprint density at radius 1 is 1.05 bits per heavy atom. The molecule has 0 N–H and O–H groups in total. The summed E-state index contributed by atoms with van der Waals surface area (Å²) in [6.07, 6.45) is -1.69. The van der Waals surface area contributed by atoms with Crippen LogP contribution in [0.2, 0.25) is 0 Å². The number of hydrogen-bond acceptors (Lipinski definition) is 6. The molecule has 2 aromatic rings. The van der Waals surface area contributed by atoms with Crippen molar-refractivity contribution in [2.75, 3.05) is 33.4 Å². The lowest BCUT2D eigenvalue weighted by Crippen LogP contribution is -2.39. The van der Waals surface area contributed by atoms with Gasteiger partial charge in [0.05, 0.1) is 12.7 Å². The van der Waals surface area contributed by atoms with Gasteiger partial charge in [-0.25, -0.2) is 4.98 Å². The van der Waals surface area contributed by atoms with Crippen LogP contribution in [0.4, 0.5) is 13.2 Å². The highest BCUT2D eigenvalue weighted by Crippen LogP contribution is 2.31. The van der Waals surface area contributed by atoms with Crippen molar-refractivity contribution in [2.45, 2.75) is 85.1 Å². The van der Waals surface area contributed by atoms with E-state index in [1.165, 1.54) is 6.92 Å². The third-order valence-corrected chi connectivity index (χ3v) is 7.76. The minimum absolute atomic E-state index is 0.00819. The zero-order valence-electron chi connectivity index (χ0n) is 25.3. The summed E-state index contributed by atoms with van der Waals surface area (Å²) in [5.74, 6) is -0.943. The van der Waals surface area contributed by atoms with Gasteiger partial charge in [0.2, 0.25) is 11.7 Å². The normalized spacial score (nSPS) is 20.3. The third kappa shape index (κ3) is 9.13. The van der Waals surface area contributed by atoms with Gasteiger partial charge in [0, 0.05) is 32.4 Å². The van der Waals surface area contributed by atoms with Crippen molar-refractivity contribution >= 4 is 5.91 Å². The first-order valence-electron chi connectivity index (χ1n) is 14.3. The molecule has 2 unspecified atom stereocenters. The van der Waals surface area contributed by atoms with Crippen LogP contribution in [-0.4, -0.2) is 60.3 Å². The van der Waals surface area contributed by atoms with Gasteiger partial charge in [-0.05, 0) is 54.6 Å². The van der Waals surface area contributed by atoms with Gasteiger partial charge in [0.15, 0.2) is 0 Å². The molecule has 1 aromatic carbocycles. The largest absolute Gasteiger partial charge is 0.472 e. The van der Waals surface area contributed by atoms with Crippen LogP contribution >= 0.6 is 0 Å². The fourth-order valence-corrected chi connectivity index (χ4v) is 4.70. The van der Waals surface area contributed by atoms with Crippen LogP contribution in [0.1, 0.15) is 86.9 Å². The van der Waals surface area contributed by atoms with E-state index in [2.05, 4.69) is 44.6 Å². The second-order valence-corrected chi connectivity index (χ2v) is 12.1. The molecule has 7 nitrogen and oxygen atoms in total. The van der Waals surface area contributed by atoms with Gasteiger partial charge >= 0.3 is 6.18 Å². The molecule has 2 saturated heterocycles. The van der Waals surface area contributed by atoms with Crippen LogP contribution in [0.5, 0.6) is 5.88 Å². The predicted octanol–water partition coefficient (Wildman–Crippen LogP) is 6.61. The Kier molecular flexibility index (Phi) is 11.2. The van der Waals surface area contributed by atoms with Crippen molar-refractivity contribution in [1.29, 1.82) is 0 Å². The summed E-state index contributed by atoms with van der Waals surface area (Å²) in [6.45, 7) is 14.8. The summed E-state index contributed by atoms with van der Waals surface area (Å²) in [7, 11) is 1.75. The quantitative estimate of drug-likeness (QED) is 0.397. The van der Waals surface area contributed by atoms with Crippen molar-refractivity contribution in [3.63, 3.8) is 0 Å². The number of likely N-dealkylation sites (tertiary alicyclic amines) is 1. The molecule has 2 aliphatic rings. The second kappa shape index (κ2) is 14.0. The van der Waals surface area contributed by atoms with Gasteiger partial charge in [-0.2, -0.15) is 18.2 Å². The van der Waals surface area contributed by atoms with E-state index in [-0.39, 0.29) is 29.2 Å². The summed E-state index contributed by atoms with van der Waals surface area (Å²) < 4.78 is 56.4. The Labute approximate surface area is 241 Å². The molecule has 2 atom stereocenters. The molecule has 2 aliphatic heterocycles. The SMILES string of the molecule is COC1COCCC1C.Cc1c(OCc2ccc(C(C)(C)C)cc2)nc(C(F)(F)F)nc1C(=O)N1CCC(C)CC1. The molecule has 0 saturated carbocycles. The molecule has 3 heterocycles. The maximum atomic E-state index is 13.5. The van der Waals surface area contributed by atoms with E-state index in [1.54, 1.807) is 12.0 Å². The molecule has 10 heteroatoms. The van der Waals surface area contributed by atoms with E-state index in [0.29, 0.717) is 31.0 Å². The van der Waals surface area contributed by atoms with Crippen molar-refractivity contribution in [3.8, 4) is 5.88 Å². The average Bonchev–Trinajstić information content (AvgIpc) is 2.92. The third-order valence-electron chi connectivity index (χ3n) is 7.76. The van der Waals surface area contributed by atoms with E-state index < -0.39 is 17.9 Å². The predicted molar refractivity (Wildman–Crippen MR) is 151 cm³/mol. The van der Waals surface area contributed by atoms with Crippen LogP contribution in [-0.2, 0) is 27.7 Å². The van der Waals surface area contributed by atoms with Crippen molar-refractivity contribution < 1.29 is 32.2 Å². The molecule has 228 valence electrons. The number of carbonyl (C=O) groups excluding carboxylic acids is 1. The lowest BCUT2D eigenvalue weighted by molar-refractivity contribution is -0.145. The number of piperidine rings is 1. The average molecular weight is 580 g/mol. The van der Waals surface area contributed by atoms with Gasteiger partial charge in [-0.3, -0.25) is 4.79 Å². The van der Waals surface area contributed by atoms with Crippen LogP contribution in [0.15, 0.2) is 24.3 Å². The van der Waals surface area contributed by atoms with E-state index in [0.717, 1.165) is 43.6 Å². The summed E-state index contributed by atoms with van der Waals surface area (Å²) in [6, 6.07) is 7.70. The van der Waals surface area contributed by atoms with E-state index in [9.17, 15) is 18.0 Å². The Bertz CT molecular complexity index is 1140. The van der Waals surface area contributed by atoms with Gasteiger partial charge in [-0.15, -0.1) is 0 Å². The molecule has 4 rings (SSSR count). The van der Waals surface area contributed by atoms with Crippen molar-refractivity contribution in [2.24, 2.45) is 11.8 Å². The zero-order chi connectivity index (χ0) is 30.4. The number of benzene rings is 1. The number of halogens is 3. The number of methoxy groups -OCH3 is 1. The number of carbonyl (C=O) groups is 1. The monoisotopic (exact) mass is 579 g/mol. The van der Waals surface area contributed by atoms with Gasteiger partial charge < -0.3 is 19.1 Å². The molecule has 0 aliphatic carbocycles. The summed E-state index contributed by atoms with van der Waals surface area (Å²) in [4.78, 5) is 21.7. The summed E-state index contributed by atoms with van der Waals surface area (Å²) in [5.41, 5.74) is 1.89. The molecule has 0 spiro atoms. The first kappa shape index (κ1) is 32.8. The molecule has 41 heavy (non-hydrogen) atoms. The zero-order valence-corrected chi connectivity index (χ0v) is 25.3. The lowest BCUT2D eigenvalue weighted by Gasteiger charge is -2.30. The highest BCUT2D eigenvalue weighted by Gasteiger charge is 2.38. The fraction of sp³-hybridized carbons (Fsp3) is 0.645. The smallest absolute Gasteiger partial charge is 0.451 e. The van der Waals surface area contributed by atoms with Gasteiger partial charge in [-0.1, -0.05) is 58.9 Å². The standard InChI is InChI=1S/C24H30F3N3O2.C7H14O2/c1-15-10-12-30(13-11-15)21(31)19-16(2)20(29-22(28-19)24(25,26)27)32-14-17-6-8-18(9-7-17)23(3,4)5;1-6-3-4-9-5-7(6)8-2/h6-9,15H,10-14H2,1-5H3;6-7H,3-5H2,1-2H3. The molecular formula is C31H44F3N3O4. The van der Waals surface area contributed by atoms with Gasteiger partial charge in [0.25, 0.3) is 5.91 Å². The Hall–Kier alpha value is -2.72. The first-order chi connectivity index (χ1) is 19.2. The summed E-state index contributed by atoms with van der Waals surface area (Å²) in [5, 5.41) is 0. The molecule has 2 fully saturated rings. The number of aromatic nitrogens is 2. The van der Waals surface area contributed by atoms with E-state index in [1.807, 2.05) is 24.3 Å². The first-order valence-corrected chi connectivity index (χ1v) is 14.3. The van der Waals surface area contributed by atoms with E-state index >= 15 is 0 Å². The molecular weight excluding hydrogens is 535 g/mol. The van der Waals surface area contributed by atoms with Crippen LogP contribution in [0, 0.1) is 18.8 Å². The Morgan fingerprint density at radius 2 is 1.68 bits per heavy atom. The number of ether oxygens (including phenoxy) is 3. The maximum Gasteiger partial charge on any atom is 0.451 e. The number of amides is 1. The number of rotatable bonds is 5. The molecule has 0 bridgehead atoms. The molecule has 0 radical (unpaired) electrons. The minimum atomic E-state index is -4.79. The highest BCUT2D eigenvalue weighted by molar-refractivity contribution is 5.94.